The topological polar surface area (TPSA) is 50.2 Å². The number of aliphatic carboxylic acids is 1. The number of rotatable bonds is 2. The molecule has 0 saturated carbocycles. The normalized spacial score (nSPS) is 9.83. The number of hydrogen-bond acceptors (Lipinski definition) is 2. The monoisotopic (exact) mass is 185 g/mol. The first-order valence-corrected chi connectivity index (χ1v) is 3.80. The number of carboxylic acids is 1. The predicted molar refractivity (Wildman–Crippen MR) is 45.3 cm³/mol. The summed E-state index contributed by atoms with van der Waals surface area (Å²) in [6.07, 6.45) is 3.00. The first-order valence-electron chi connectivity index (χ1n) is 3.42. The maximum absolute atomic E-state index is 10.4. The SMILES string of the molecule is Cc1cncc(Cl)c1CC(=O)O. The summed E-state index contributed by atoms with van der Waals surface area (Å²) in [4.78, 5) is 14.2. The number of carboxylic acid groups (broad SMARTS) is 1. The molecule has 0 fully saturated rings. The van der Waals surface area contributed by atoms with Crippen LogP contribution in [0, 0.1) is 6.92 Å². The van der Waals surface area contributed by atoms with E-state index in [1.807, 2.05) is 0 Å². The third kappa shape index (κ3) is 1.95. The van der Waals surface area contributed by atoms with Crippen LogP contribution in [0.25, 0.3) is 0 Å². The zero-order chi connectivity index (χ0) is 9.14. The summed E-state index contributed by atoms with van der Waals surface area (Å²) in [6, 6.07) is 0. The average Bonchev–Trinajstić information content (AvgIpc) is 1.97. The Hall–Kier alpha value is -1.09. The largest absolute Gasteiger partial charge is 0.481 e. The molecule has 0 radical (unpaired) electrons. The Bertz CT molecular complexity index is 292. The lowest BCUT2D eigenvalue weighted by atomic mass is 10.1. The van der Waals surface area contributed by atoms with Crippen molar-refractivity contribution in [3.05, 3.63) is 28.5 Å². The van der Waals surface area contributed by atoms with Crippen molar-refractivity contribution in [2.45, 2.75) is 13.3 Å². The lowest BCUT2D eigenvalue weighted by molar-refractivity contribution is -0.136. The second kappa shape index (κ2) is 3.54. The first kappa shape index (κ1) is 9.00. The number of carbonyl (C=O) groups is 1. The molecule has 0 amide bonds. The molecular formula is C8H8ClNO2. The van der Waals surface area contributed by atoms with Crippen molar-refractivity contribution < 1.29 is 9.90 Å². The van der Waals surface area contributed by atoms with Crippen LogP contribution >= 0.6 is 11.6 Å². The fraction of sp³-hybridized carbons (Fsp3) is 0.250. The Balaban J connectivity index is 3.04. The van der Waals surface area contributed by atoms with Gasteiger partial charge in [0.25, 0.3) is 0 Å². The second-order valence-corrected chi connectivity index (χ2v) is 2.89. The summed E-state index contributed by atoms with van der Waals surface area (Å²) in [5, 5.41) is 8.95. The van der Waals surface area contributed by atoms with Gasteiger partial charge in [-0.05, 0) is 18.1 Å². The number of nitrogens with zero attached hydrogens (tertiary/aromatic N) is 1. The third-order valence-electron chi connectivity index (χ3n) is 1.55. The number of pyridine rings is 1. The van der Waals surface area contributed by atoms with Crippen molar-refractivity contribution in [3.8, 4) is 0 Å². The fourth-order valence-electron chi connectivity index (χ4n) is 0.934. The van der Waals surface area contributed by atoms with Gasteiger partial charge in [-0.15, -0.1) is 0 Å². The van der Waals surface area contributed by atoms with Gasteiger partial charge in [0.15, 0.2) is 0 Å². The summed E-state index contributed by atoms with van der Waals surface area (Å²) >= 11 is 5.75. The Morgan fingerprint density at radius 1 is 1.67 bits per heavy atom. The average molecular weight is 186 g/mol. The van der Waals surface area contributed by atoms with Crippen LogP contribution in [0.15, 0.2) is 12.4 Å². The second-order valence-electron chi connectivity index (χ2n) is 2.49. The molecule has 1 rings (SSSR count). The number of aromatic nitrogens is 1. The minimum absolute atomic E-state index is 0.0484. The van der Waals surface area contributed by atoms with E-state index in [-0.39, 0.29) is 6.42 Å². The van der Waals surface area contributed by atoms with Crippen LogP contribution in [0.4, 0.5) is 0 Å². The van der Waals surface area contributed by atoms with E-state index >= 15 is 0 Å². The summed E-state index contributed by atoms with van der Waals surface area (Å²) in [5.41, 5.74) is 1.45. The molecule has 0 aromatic carbocycles. The van der Waals surface area contributed by atoms with Crippen LogP contribution < -0.4 is 0 Å². The number of halogens is 1. The molecule has 0 atom stereocenters. The van der Waals surface area contributed by atoms with E-state index in [2.05, 4.69) is 4.98 Å². The van der Waals surface area contributed by atoms with Gasteiger partial charge in [-0.25, -0.2) is 0 Å². The van der Waals surface area contributed by atoms with Gasteiger partial charge in [-0.1, -0.05) is 11.6 Å². The van der Waals surface area contributed by atoms with E-state index in [9.17, 15) is 4.79 Å². The van der Waals surface area contributed by atoms with Crippen LogP contribution in [0.5, 0.6) is 0 Å². The fourth-order valence-corrected chi connectivity index (χ4v) is 1.21. The highest BCUT2D eigenvalue weighted by Crippen LogP contribution is 2.18. The molecule has 1 heterocycles. The highest BCUT2D eigenvalue weighted by Gasteiger charge is 2.07. The number of aryl methyl sites for hydroxylation is 1. The molecule has 0 spiro atoms. The smallest absolute Gasteiger partial charge is 0.307 e. The van der Waals surface area contributed by atoms with Crippen LogP contribution in [-0.2, 0) is 11.2 Å². The molecule has 12 heavy (non-hydrogen) atoms. The molecule has 0 aliphatic heterocycles. The lowest BCUT2D eigenvalue weighted by Crippen LogP contribution is -2.03. The molecule has 1 aromatic rings. The van der Waals surface area contributed by atoms with Gasteiger partial charge >= 0.3 is 5.97 Å². The van der Waals surface area contributed by atoms with Crippen molar-refractivity contribution in [3.63, 3.8) is 0 Å². The molecule has 0 aliphatic carbocycles. The molecule has 3 nitrogen and oxygen atoms in total. The Morgan fingerprint density at radius 2 is 2.33 bits per heavy atom. The molecule has 64 valence electrons. The van der Waals surface area contributed by atoms with E-state index in [0.717, 1.165) is 5.56 Å². The Labute approximate surface area is 75.0 Å². The molecule has 4 heteroatoms. The van der Waals surface area contributed by atoms with Crippen molar-refractivity contribution >= 4 is 17.6 Å². The molecule has 0 saturated heterocycles. The van der Waals surface area contributed by atoms with Gasteiger partial charge in [0, 0.05) is 12.4 Å². The maximum Gasteiger partial charge on any atom is 0.307 e. The van der Waals surface area contributed by atoms with Crippen LogP contribution in [0.1, 0.15) is 11.1 Å². The quantitative estimate of drug-likeness (QED) is 0.763. The predicted octanol–water partition coefficient (Wildman–Crippen LogP) is 1.67. The molecular weight excluding hydrogens is 178 g/mol. The molecule has 0 bridgehead atoms. The number of hydrogen-bond donors (Lipinski definition) is 1. The van der Waals surface area contributed by atoms with Gasteiger partial charge in [0.05, 0.1) is 11.4 Å². The summed E-state index contributed by atoms with van der Waals surface area (Å²) < 4.78 is 0. The zero-order valence-corrected chi connectivity index (χ0v) is 7.30. The van der Waals surface area contributed by atoms with Crippen molar-refractivity contribution in [2.24, 2.45) is 0 Å². The lowest BCUT2D eigenvalue weighted by Gasteiger charge is -2.03. The van der Waals surface area contributed by atoms with Crippen molar-refractivity contribution in [1.29, 1.82) is 0 Å². The van der Waals surface area contributed by atoms with Crippen molar-refractivity contribution in [2.75, 3.05) is 0 Å². The molecule has 1 aromatic heterocycles. The van der Waals surface area contributed by atoms with Gasteiger partial charge < -0.3 is 5.11 Å². The van der Waals surface area contributed by atoms with Gasteiger partial charge in [-0.3, -0.25) is 9.78 Å². The molecule has 0 aliphatic rings. The summed E-state index contributed by atoms with van der Waals surface area (Å²) in [5.74, 6) is -0.883. The van der Waals surface area contributed by atoms with Crippen LogP contribution in [0.2, 0.25) is 5.02 Å². The summed E-state index contributed by atoms with van der Waals surface area (Å²) in [6.45, 7) is 1.79. The van der Waals surface area contributed by atoms with Crippen LogP contribution in [-0.4, -0.2) is 16.1 Å². The first-order chi connectivity index (χ1) is 5.61. The Morgan fingerprint density at radius 3 is 2.83 bits per heavy atom. The minimum atomic E-state index is -0.883. The Kier molecular flexibility index (Phi) is 2.65. The zero-order valence-electron chi connectivity index (χ0n) is 6.54. The highest BCUT2D eigenvalue weighted by atomic mass is 35.5. The van der Waals surface area contributed by atoms with Crippen LogP contribution in [0.3, 0.4) is 0 Å². The highest BCUT2D eigenvalue weighted by molar-refractivity contribution is 6.31. The standard InChI is InChI=1S/C8H8ClNO2/c1-5-3-10-4-7(9)6(5)2-8(11)12/h3-4H,2H2,1H3,(H,11,12). The van der Waals surface area contributed by atoms with E-state index < -0.39 is 5.97 Å². The van der Waals surface area contributed by atoms with Crippen molar-refractivity contribution in [1.82, 2.24) is 4.98 Å². The van der Waals surface area contributed by atoms with Gasteiger partial charge in [0.1, 0.15) is 0 Å². The van der Waals surface area contributed by atoms with Gasteiger partial charge in [-0.2, -0.15) is 0 Å². The minimum Gasteiger partial charge on any atom is -0.481 e. The van der Waals surface area contributed by atoms with E-state index in [4.69, 9.17) is 16.7 Å². The van der Waals surface area contributed by atoms with Gasteiger partial charge in [0.2, 0.25) is 0 Å². The third-order valence-corrected chi connectivity index (χ3v) is 1.87. The molecule has 0 unspecified atom stereocenters. The summed E-state index contributed by atoms with van der Waals surface area (Å²) in [7, 11) is 0. The van der Waals surface area contributed by atoms with E-state index in [1.54, 1.807) is 13.1 Å². The van der Waals surface area contributed by atoms with E-state index in [0.29, 0.717) is 10.6 Å². The van der Waals surface area contributed by atoms with E-state index in [1.165, 1.54) is 6.20 Å². The maximum atomic E-state index is 10.4. The molecule has 1 N–H and O–H groups in total.